The lowest BCUT2D eigenvalue weighted by atomic mass is 10.1. The number of carbonyl (C=O) groups is 2. The summed E-state index contributed by atoms with van der Waals surface area (Å²) in [6.45, 7) is 5.81. The second kappa shape index (κ2) is 7.58. The van der Waals surface area contributed by atoms with Gasteiger partial charge in [-0.15, -0.1) is 0 Å². The third kappa shape index (κ3) is 4.95. The molecule has 0 saturated heterocycles. The summed E-state index contributed by atoms with van der Waals surface area (Å²) in [5, 5.41) is 2.76. The smallest absolute Gasteiger partial charge is 0.338 e. The maximum atomic E-state index is 12.1. The standard InChI is InChI=1S/C19H21NO3/c1-13-9-14(2)11-17(10-13)19(22)23-15(3)18(21)20-12-16-7-5-4-6-8-16/h4-11,15H,12H2,1-3H3,(H,20,21)/t15-/m0/s1. The number of carbonyl (C=O) groups excluding carboxylic acids is 2. The summed E-state index contributed by atoms with van der Waals surface area (Å²) in [7, 11) is 0. The molecule has 0 saturated carbocycles. The van der Waals surface area contributed by atoms with Gasteiger partial charge in [-0.05, 0) is 38.5 Å². The van der Waals surface area contributed by atoms with E-state index in [2.05, 4.69) is 5.32 Å². The normalized spacial score (nSPS) is 11.6. The number of ether oxygens (including phenoxy) is 1. The fraction of sp³-hybridized carbons (Fsp3) is 0.263. The van der Waals surface area contributed by atoms with Gasteiger partial charge in [-0.2, -0.15) is 0 Å². The van der Waals surface area contributed by atoms with Gasteiger partial charge in [0.25, 0.3) is 5.91 Å². The van der Waals surface area contributed by atoms with Gasteiger partial charge in [0, 0.05) is 6.54 Å². The second-order valence-corrected chi connectivity index (χ2v) is 5.63. The van der Waals surface area contributed by atoms with Gasteiger partial charge >= 0.3 is 5.97 Å². The van der Waals surface area contributed by atoms with Gasteiger partial charge in [0.05, 0.1) is 5.56 Å². The fourth-order valence-corrected chi connectivity index (χ4v) is 2.30. The van der Waals surface area contributed by atoms with Crippen molar-refractivity contribution >= 4 is 11.9 Å². The van der Waals surface area contributed by atoms with E-state index in [1.807, 2.05) is 50.2 Å². The minimum absolute atomic E-state index is 0.313. The minimum Gasteiger partial charge on any atom is -0.449 e. The van der Waals surface area contributed by atoms with Crippen LogP contribution in [0.2, 0.25) is 0 Å². The van der Waals surface area contributed by atoms with Gasteiger partial charge in [-0.3, -0.25) is 4.79 Å². The van der Waals surface area contributed by atoms with E-state index in [9.17, 15) is 9.59 Å². The molecule has 0 spiro atoms. The number of rotatable bonds is 5. The highest BCUT2D eigenvalue weighted by molar-refractivity contribution is 5.92. The molecule has 120 valence electrons. The first-order chi connectivity index (χ1) is 11.0. The van der Waals surface area contributed by atoms with Gasteiger partial charge in [-0.1, -0.05) is 47.5 Å². The van der Waals surface area contributed by atoms with Crippen molar-refractivity contribution < 1.29 is 14.3 Å². The molecule has 0 unspecified atom stereocenters. The molecule has 0 heterocycles. The monoisotopic (exact) mass is 311 g/mol. The first-order valence-electron chi connectivity index (χ1n) is 7.56. The van der Waals surface area contributed by atoms with Crippen molar-refractivity contribution in [2.75, 3.05) is 0 Å². The third-order valence-electron chi connectivity index (χ3n) is 3.42. The number of aryl methyl sites for hydroxylation is 2. The summed E-state index contributed by atoms with van der Waals surface area (Å²) in [4.78, 5) is 24.2. The quantitative estimate of drug-likeness (QED) is 0.863. The van der Waals surface area contributed by atoms with E-state index in [4.69, 9.17) is 4.74 Å². The van der Waals surface area contributed by atoms with Crippen LogP contribution in [0.5, 0.6) is 0 Å². The molecule has 4 nitrogen and oxygen atoms in total. The third-order valence-corrected chi connectivity index (χ3v) is 3.42. The van der Waals surface area contributed by atoms with Crippen LogP contribution >= 0.6 is 0 Å². The van der Waals surface area contributed by atoms with Crippen LogP contribution in [0.3, 0.4) is 0 Å². The van der Waals surface area contributed by atoms with Crippen LogP contribution in [0.1, 0.15) is 34.0 Å². The van der Waals surface area contributed by atoms with Crippen LogP contribution < -0.4 is 5.32 Å². The van der Waals surface area contributed by atoms with Crippen molar-refractivity contribution in [2.24, 2.45) is 0 Å². The minimum atomic E-state index is -0.841. The van der Waals surface area contributed by atoms with E-state index >= 15 is 0 Å². The lowest BCUT2D eigenvalue weighted by Crippen LogP contribution is -2.35. The summed E-state index contributed by atoms with van der Waals surface area (Å²) in [6.07, 6.45) is -0.841. The number of nitrogens with one attached hydrogen (secondary N) is 1. The van der Waals surface area contributed by atoms with Crippen LogP contribution in [0.4, 0.5) is 0 Å². The van der Waals surface area contributed by atoms with Crippen molar-refractivity contribution in [1.29, 1.82) is 0 Å². The van der Waals surface area contributed by atoms with E-state index in [0.717, 1.165) is 16.7 Å². The van der Waals surface area contributed by atoms with E-state index < -0.39 is 12.1 Å². The van der Waals surface area contributed by atoms with Crippen molar-refractivity contribution in [2.45, 2.75) is 33.4 Å². The Hall–Kier alpha value is -2.62. The largest absolute Gasteiger partial charge is 0.449 e. The lowest BCUT2D eigenvalue weighted by Gasteiger charge is -2.14. The molecule has 0 aliphatic carbocycles. The SMILES string of the molecule is Cc1cc(C)cc(C(=O)O[C@@H](C)C(=O)NCc2ccccc2)c1. The molecule has 2 aromatic rings. The molecule has 2 rings (SSSR count). The van der Waals surface area contributed by atoms with Crippen LogP contribution in [0.25, 0.3) is 0 Å². The van der Waals surface area contributed by atoms with Crippen LogP contribution in [-0.4, -0.2) is 18.0 Å². The van der Waals surface area contributed by atoms with Crippen molar-refractivity contribution in [3.8, 4) is 0 Å². The molecule has 0 fully saturated rings. The van der Waals surface area contributed by atoms with Gasteiger partial charge in [0.1, 0.15) is 0 Å². The zero-order valence-electron chi connectivity index (χ0n) is 13.6. The maximum absolute atomic E-state index is 12.1. The van der Waals surface area contributed by atoms with Crippen LogP contribution in [-0.2, 0) is 16.1 Å². The number of amides is 1. The van der Waals surface area contributed by atoms with Gasteiger partial charge < -0.3 is 10.1 Å². The average molecular weight is 311 g/mol. The summed E-state index contributed by atoms with van der Waals surface area (Å²) in [5.41, 5.74) is 3.43. The van der Waals surface area contributed by atoms with E-state index in [1.54, 1.807) is 19.1 Å². The Morgan fingerprint density at radius 2 is 1.65 bits per heavy atom. The first-order valence-corrected chi connectivity index (χ1v) is 7.56. The van der Waals surface area contributed by atoms with Crippen LogP contribution in [0.15, 0.2) is 48.5 Å². The Labute approximate surface area is 136 Å². The van der Waals surface area contributed by atoms with Gasteiger partial charge in [0.15, 0.2) is 6.10 Å². The predicted molar refractivity (Wildman–Crippen MR) is 89.1 cm³/mol. The Morgan fingerprint density at radius 3 is 2.26 bits per heavy atom. The molecule has 23 heavy (non-hydrogen) atoms. The molecule has 1 atom stereocenters. The Balaban J connectivity index is 1.91. The number of hydrogen-bond acceptors (Lipinski definition) is 3. The number of benzene rings is 2. The van der Waals surface area contributed by atoms with Crippen molar-refractivity contribution in [3.63, 3.8) is 0 Å². The second-order valence-electron chi connectivity index (χ2n) is 5.63. The molecule has 0 radical (unpaired) electrons. The van der Waals surface area contributed by atoms with Gasteiger partial charge in [-0.25, -0.2) is 4.79 Å². The Bertz CT molecular complexity index is 675. The lowest BCUT2D eigenvalue weighted by molar-refractivity contribution is -0.129. The highest BCUT2D eigenvalue weighted by Gasteiger charge is 2.18. The summed E-state index contributed by atoms with van der Waals surface area (Å²) in [6, 6.07) is 15.1. The molecule has 0 aliphatic rings. The number of hydrogen-bond donors (Lipinski definition) is 1. The zero-order chi connectivity index (χ0) is 16.8. The van der Waals surface area contributed by atoms with Crippen LogP contribution in [0, 0.1) is 13.8 Å². The molecule has 2 aromatic carbocycles. The highest BCUT2D eigenvalue weighted by atomic mass is 16.5. The van der Waals surface area contributed by atoms with E-state index in [1.165, 1.54) is 0 Å². The number of esters is 1. The summed E-state index contributed by atoms with van der Waals surface area (Å²) in [5.74, 6) is -0.800. The van der Waals surface area contributed by atoms with E-state index in [-0.39, 0.29) is 5.91 Å². The molecule has 0 aromatic heterocycles. The summed E-state index contributed by atoms with van der Waals surface area (Å²) >= 11 is 0. The van der Waals surface area contributed by atoms with Crippen molar-refractivity contribution in [3.05, 3.63) is 70.8 Å². The molecule has 1 amide bonds. The van der Waals surface area contributed by atoms with E-state index in [0.29, 0.717) is 12.1 Å². The topological polar surface area (TPSA) is 55.4 Å². The Morgan fingerprint density at radius 1 is 1.04 bits per heavy atom. The highest BCUT2D eigenvalue weighted by Crippen LogP contribution is 2.11. The molecule has 0 bridgehead atoms. The Kier molecular flexibility index (Phi) is 5.52. The summed E-state index contributed by atoms with van der Waals surface area (Å²) < 4.78 is 5.25. The maximum Gasteiger partial charge on any atom is 0.338 e. The predicted octanol–water partition coefficient (Wildman–Crippen LogP) is 3.17. The first kappa shape index (κ1) is 16.7. The average Bonchev–Trinajstić information content (AvgIpc) is 2.52. The molecule has 1 N–H and O–H groups in total. The molecular formula is C19H21NO3. The molecule has 0 aliphatic heterocycles. The fourth-order valence-electron chi connectivity index (χ4n) is 2.30. The molecule has 4 heteroatoms. The van der Waals surface area contributed by atoms with Gasteiger partial charge in [0.2, 0.25) is 0 Å². The van der Waals surface area contributed by atoms with Crippen molar-refractivity contribution in [1.82, 2.24) is 5.32 Å². The zero-order valence-corrected chi connectivity index (χ0v) is 13.6. The molecular weight excluding hydrogens is 290 g/mol.